The molecule has 0 bridgehead atoms. The zero-order chi connectivity index (χ0) is 12.1. The van der Waals surface area contributed by atoms with E-state index >= 15 is 0 Å². The molecule has 1 amide bonds. The molecule has 1 aliphatic heterocycles. The minimum atomic E-state index is 0.0353. The summed E-state index contributed by atoms with van der Waals surface area (Å²) in [5, 5.41) is 4.11. The lowest BCUT2D eigenvalue weighted by atomic mass is 10.00. The first-order valence-electron chi connectivity index (χ1n) is 6.73. The van der Waals surface area contributed by atoms with E-state index in [1.165, 1.54) is 12.8 Å². The predicted molar refractivity (Wildman–Crippen MR) is 71.3 cm³/mol. The standard InChI is InChI=1S/C13H22BrNO2/c14-10-13(7-1-2-8-13)15-12(16)6-5-11-4-3-9-17-11/h11H,1-10H2,(H,15,16). The van der Waals surface area contributed by atoms with Crippen LogP contribution >= 0.6 is 15.9 Å². The summed E-state index contributed by atoms with van der Waals surface area (Å²) in [6.45, 7) is 0.873. The van der Waals surface area contributed by atoms with Crippen molar-refractivity contribution in [1.82, 2.24) is 5.32 Å². The molecule has 1 heterocycles. The van der Waals surface area contributed by atoms with E-state index in [1.54, 1.807) is 0 Å². The Kier molecular flexibility index (Phi) is 4.86. The van der Waals surface area contributed by atoms with Gasteiger partial charge < -0.3 is 10.1 Å². The Morgan fingerprint density at radius 3 is 2.71 bits per heavy atom. The topological polar surface area (TPSA) is 38.3 Å². The van der Waals surface area contributed by atoms with Gasteiger partial charge in [-0.05, 0) is 32.1 Å². The van der Waals surface area contributed by atoms with E-state index in [4.69, 9.17) is 4.74 Å². The number of carbonyl (C=O) groups excluding carboxylic acids is 1. The molecule has 1 saturated carbocycles. The number of nitrogens with one attached hydrogen (secondary N) is 1. The van der Waals surface area contributed by atoms with Crippen LogP contribution in [0, 0.1) is 0 Å². The Morgan fingerprint density at radius 2 is 2.12 bits per heavy atom. The maximum absolute atomic E-state index is 11.9. The first-order chi connectivity index (χ1) is 8.24. The molecule has 2 aliphatic rings. The van der Waals surface area contributed by atoms with Gasteiger partial charge in [-0.3, -0.25) is 4.79 Å². The Balaban J connectivity index is 1.72. The summed E-state index contributed by atoms with van der Waals surface area (Å²) >= 11 is 3.54. The van der Waals surface area contributed by atoms with Crippen molar-refractivity contribution in [2.75, 3.05) is 11.9 Å². The molecular formula is C13H22BrNO2. The molecule has 0 aromatic rings. The van der Waals surface area contributed by atoms with Gasteiger partial charge >= 0.3 is 0 Å². The summed E-state index contributed by atoms with van der Waals surface area (Å²) in [5.41, 5.74) is 0.0353. The highest BCUT2D eigenvalue weighted by Crippen LogP contribution is 2.31. The average Bonchev–Trinajstić information content (AvgIpc) is 2.98. The third-order valence-electron chi connectivity index (χ3n) is 3.94. The van der Waals surface area contributed by atoms with Gasteiger partial charge in [-0.2, -0.15) is 0 Å². The van der Waals surface area contributed by atoms with Crippen molar-refractivity contribution in [3.8, 4) is 0 Å². The molecule has 17 heavy (non-hydrogen) atoms. The minimum Gasteiger partial charge on any atom is -0.378 e. The average molecular weight is 304 g/mol. The van der Waals surface area contributed by atoms with Crippen LogP contribution < -0.4 is 5.32 Å². The highest BCUT2D eigenvalue weighted by Gasteiger charge is 2.34. The second kappa shape index (κ2) is 6.19. The van der Waals surface area contributed by atoms with Gasteiger partial charge in [0.05, 0.1) is 6.10 Å². The van der Waals surface area contributed by atoms with Crippen molar-refractivity contribution < 1.29 is 9.53 Å². The first kappa shape index (κ1) is 13.3. The SMILES string of the molecule is O=C(CCC1CCCO1)NC1(CBr)CCCC1. The van der Waals surface area contributed by atoms with Crippen LogP contribution in [-0.4, -0.2) is 29.5 Å². The zero-order valence-corrected chi connectivity index (χ0v) is 11.9. The van der Waals surface area contributed by atoms with E-state index in [0.717, 1.165) is 44.0 Å². The molecule has 4 heteroatoms. The van der Waals surface area contributed by atoms with E-state index < -0.39 is 0 Å². The van der Waals surface area contributed by atoms with E-state index in [2.05, 4.69) is 21.2 Å². The van der Waals surface area contributed by atoms with E-state index in [-0.39, 0.29) is 11.4 Å². The number of hydrogen-bond acceptors (Lipinski definition) is 2. The van der Waals surface area contributed by atoms with Gasteiger partial charge in [0, 0.05) is 23.9 Å². The van der Waals surface area contributed by atoms with Crippen molar-refractivity contribution >= 4 is 21.8 Å². The largest absolute Gasteiger partial charge is 0.378 e. The number of halogens is 1. The van der Waals surface area contributed by atoms with Crippen LogP contribution in [0.1, 0.15) is 51.4 Å². The molecule has 0 radical (unpaired) electrons. The van der Waals surface area contributed by atoms with E-state index in [9.17, 15) is 4.79 Å². The fourth-order valence-electron chi connectivity index (χ4n) is 2.87. The van der Waals surface area contributed by atoms with E-state index in [1.807, 2.05) is 0 Å². The van der Waals surface area contributed by atoms with E-state index in [0.29, 0.717) is 12.5 Å². The van der Waals surface area contributed by atoms with Crippen LogP contribution in [0.4, 0.5) is 0 Å². The van der Waals surface area contributed by atoms with Crippen LogP contribution in [0.3, 0.4) is 0 Å². The summed E-state index contributed by atoms with van der Waals surface area (Å²) < 4.78 is 5.54. The molecular weight excluding hydrogens is 282 g/mol. The van der Waals surface area contributed by atoms with Crippen molar-refractivity contribution in [2.45, 2.75) is 63.0 Å². The minimum absolute atomic E-state index is 0.0353. The van der Waals surface area contributed by atoms with Crippen LogP contribution in [0.25, 0.3) is 0 Å². The number of ether oxygens (including phenoxy) is 1. The summed E-state index contributed by atoms with van der Waals surface area (Å²) in [6.07, 6.45) is 8.78. The highest BCUT2D eigenvalue weighted by molar-refractivity contribution is 9.09. The smallest absolute Gasteiger partial charge is 0.220 e. The fraction of sp³-hybridized carbons (Fsp3) is 0.923. The number of carbonyl (C=O) groups is 1. The predicted octanol–water partition coefficient (Wildman–Crippen LogP) is 2.77. The molecule has 1 aliphatic carbocycles. The maximum atomic E-state index is 11.9. The van der Waals surface area contributed by atoms with Gasteiger partial charge in [0.25, 0.3) is 0 Å². The van der Waals surface area contributed by atoms with Crippen LogP contribution in [0.2, 0.25) is 0 Å². The molecule has 2 fully saturated rings. The molecule has 0 spiro atoms. The lowest BCUT2D eigenvalue weighted by Crippen LogP contribution is -2.47. The second-order valence-electron chi connectivity index (χ2n) is 5.34. The van der Waals surface area contributed by atoms with Gasteiger partial charge in [0.15, 0.2) is 0 Å². The Labute approximate surface area is 112 Å². The van der Waals surface area contributed by atoms with Gasteiger partial charge in [-0.15, -0.1) is 0 Å². The maximum Gasteiger partial charge on any atom is 0.220 e. The van der Waals surface area contributed by atoms with Gasteiger partial charge in [0.1, 0.15) is 0 Å². The summed E-state index contributed by atoms with van der Waals surface area (Å²) in [4.78, 5) is 11.9. The van der Waals surface area contributed by atoms with Crippen molar-refractivity contribution in [2.24, 2.45) is 0 Å². The van der Waals surface area contributed by atoms with Crippen molar-refractivity contribution in [1.29, 1.82) is 0 Å². The molecule has 1 saturated heterocycles. The first-order valence-corrected chi connectivity index (χ1v) is 7.85. The zero-order valence-electron chi connectivity index (χ0n) is 10.3. The summed E-state index contributed by atoms with van der Waals surface area (Å²) in [7, 11) is 0. The number of rotatable bonds is 5. The quantitative estimate of drug-likeness (QED) is 0.793. The number of alkyl halides is 1. The Bertz CT molecular complexity index is 258. The third-order valence-corrected chi connectivity index (χ3v) is 5.01. The van der Waals surface area contributed by atoms with Crippen LogP contribution in [-0.2, 0) is 9.53 Å². The molecule has 1 N–H and O–H groups in total. The normalized spacial score (nSPS) is 27.2. The molecule has 98 valence electrons. The van der Waals surface area contributed by atoms with Crippen molar-refractivity contribution in [3.63, 3.8) is 0 Å². The fourth-order valence-corrected chi connectivity index (χ4v) is 3.57. The van der Waals surface area contributed by atoms with Crippen molar-refractivity contribution in [3.05, 3.63) is 0 Å². The van der Waals surface area contributed by atoms with Gasteiger partial charge in [-0.25, -0.2) is 0 Å². The number of hydrogen-bond donors (Lipinski definition) is 1. The Hall–Kier alpha value is -0.0900. The highest BCUT2D eigenvalue weighted by atomic mass is 79.9. The lowest BCUT2D eigenvalue weighted by Gasteiger charge is -2.28. The summed E-state index contributed by atoms with van der Waals surface area (Å²) in [6, 6.07) is 0. The van der Waals surface area contributed by atoms with Crippen LogP contribution in [0.5, 0.6) is 0 Å². The van der Waals surface area contributed by atoms with Gasteiger partial charge in [0.2, 0.25) is 5.91 Å². The molecule has 0 aromatic heterocycles. The molecule has 3 nitrogen and oxygen atoms in total. The Morgan fingerprint density at radius 1 is 1.35 bits per heavy atom. The molecule has 1 unspecified atom stereocenters. The number of amides is 1. The lowest BCUT2D eigenvalue weighted by molar-refractivity contribution is -0.123. The van der Waals surface area contributed by atoms with Gasteiger partial charge in [-0.1, -0.05) is 28.8 Å². The second-order valence-corrected chi connectivity index (χ2v) is 5.90. The monoisotopic (exact) mass is 303 g/mol. The third kappa shape index (κ3) is 3.68. The summed E-state index contributed by atoms with van der Waals surface area (Å²) in [5.74, 6) is 0.196. The molecule has 1 atom stereocenters. The molecule has 2 rings (SSSR count). The van der Waals surface area contributed by atoms with Crippen LogP contribution in [0.15, 0.2) is 0 Å². The molecule has 0 aromatic carbocycles.